The Balaban J connectivity index is 1.74. The quantitative estimate of drug-likeness (QED) is 0.478. The molecule has 4 aliphatic carbocycles. The number of aliphatic hydroxyl groups is 1. The first-order chi connectivity index (χ1) is 16.2. The van der Waals surface area contributed by atoms with Crippen molar-refractivity contribution in [3.63, 3.8) is 0 Å². The zero-order valence-electron chi connectivity index (χ0n) is 21.5. The molecule has 7 heteroatoms. The molecule has 7 nitrogen and oxygen atoms in total. The van der Waals surface area contributed by atoms with Crippen LogP contribution in [0.1, 0.15) is 73.6 Å². The first-order valence-corrected chi connectivity index (χ1v) is 12.4. The topological polar surface area (TPSA) is 107 Å². The van der Waals surface area contributed by atoms with Gasteiger partial charge in [0.1, 0.15) is 0 Å². The van der Waals surface area contributed by atoms with E-state index in [1.807, 2.05) is 19.9 Å². The highest BCUT2D eigenvalue weighted by molar-refractivity contribution is 6.01. The number of aliphatic hydroxyl groups excluding tert-OH is 1. The van der Waals surface area contributed by atoms with Gasteiger partial charge in [-0.1, -0.05) is 24.1 Å². The summed E-state index contributed by atoms with van der Waals surface area (Å²) in [5, 5.41) is 11.5. The number of allylic oxidation sites excluding steroid dienone is 5. The van der Waals surface area contributed by atoms with E-state index in [1.54, 1.807) is 32.9 Å². The molecule has 0 spiro atoms. The molecule has 1 fully saturated rings. The Bertz CT molecular complexity index is 1090. The molecule has 35 heavy (non-hydrogen) atoms. The molecule has 4 aliphatic rings. The Hall–Kier alpha value is -2.54. The van der Waals surface area contributed by atoms with E-state index in [4.69, 9.17) is 9.47 Å². The summed E-state index contributed by atoms with van der Waals surface area (Å²) >= 11 is 0. The first kappa shape index (κ1) is 25.5. The van der Waals surface area contributed by atoms with Crippen molar-refractivity contribution in [2.45, 2.75) is 85.4 Å². The second-order valence-corrected chi connectivity index (χ2v) is 11.9. The van der Waals surface area contributed by atoms with Crippen LogP contribution < -0.4 is 0 Å². The number of rotatable bonds is 4. The standard InChI is InChI=1S/C28H36O7/c1-16(29)35-28(22(32)15-34-24(33)25(2,3)4)12-10-20-19-8-7-17-13-18(30)9-11-26(17,5)23(19)21(31)14-27(20,28)6/h9,11,13,20-21,31H,7-8,10,12,14-15H2,1-6H3/t20-,21-,26-,27-,28-/m0/s1. The van der Waals surface area contributed by atoms with Gasteiger partial charge in [-0.3, -0.25) is 19.2 Å². The van der Waals surface area contributed by atoms with E-state index in [0.717, 1.165) is 16.7 Å². The van der Waals surface area contributed by atoms with Crippen LogP contribution in [0.15, 0.2) is 34.9 Å². The summed E-state index contributed by atoms with van der Waals surface area (Å²) in [4.78, 5) is 50.3. The number of fused-ring (bicyclic) bond motifs is 4. The molecule has 0 aromatic rings. The molecule has 0 amide bonds. The average molecular weight is 485 g/mol. The van der Waals surface area contributed by atoms with Crippen molar-refractivity contribution in [3.8, 4) is 0 Å². The fourth-order valence-corrected chi connectivity index (χ4v) is 6.97. The minimum atomic E-state index is -1.49. The summed E-state index contributed by atoms with van der Waals surface area (Å²) in [7, 11) is 0. The lowest BCUT2D eigenvalue weighted by Gasteiger charge is -2.53. The van der Waals surface area contributed by atoms with Gasteiger partial charge in [0.05, 0.1) is 11.5 Å². The fourth-order valence-electron chi connectivity index (χ4n) is 6.97. The minimum Gasteiger partial charge on any atom is -0.457 e. The normalized spacial score (nSPS) is 36.1. The van der Waals surface area contributed by atoms with Crippen LogP contribution >= 0.6 is 0 Å². The highest BCUT2D eigenvalue weighted by Gasteiger charge is 2.67. The van der Waals surface area contributed by atoms with Crippen molar-refractivity contribution in [2.75, 3.05) is 6.61 Å². The number of hydrogen-bond acceptors (Lipinski definition) is 7. The van der Waals surface area contributed by atoms with Gasteiger partial charge in [-0.2, -0.15) is 0 Å². The first-order valence-electron chi connectivity index (χ1n) is 12.4. The number of ether oxygens (including phenoxy) is 2. The van der Waals surface area contributed by atoms with E-state index in [2.05, 4.69) is 0 Å². The molecule has 1 saturated carbocycles. The van der Waals surface area contributed by atoms with E-state index in [0.29, 0.717) is 25.7 Å². The van der Waals surface area contributed by atoms with E-state index >= 15 is 0 Å². The van der Waals surface area contributed by atoms with Crippen LogP contribution in [0, 0.1) is 22.2 Å². The van der Waals surface area contributed by atoms with Crippen molar-refractivity contribution in [3.05, 3.63) is 34.9 Å². The van der Waals surface area contributed by atoms with Gasteiger partial charge in [0.25, 0.3) is 0 Å². The molecule has 1 N–H and O–H groups in total. The molecule has 0 aromatic heterocycles. The maximum absolute atomic E-state index is 13.7. The van der Waals surface area contributed by atoms with Crippen molar-refractivity contribution in [2.24, 2.45) is 22.2 Å². The molecule has 0 aliphatic heterocycles. The SMILES string of the molecule is CC(=O)O[C@]1(C(=O)COC(=O)C(C)(C)C)CC[C@H]2C3=C([C@@H](O)C[C@@]21C)[C@@]1(C)C=CC(=O)C=C1CC3. The van der Waals surface area contributed by atoms with E-state index in [9.17, 15) is 24.3 Å². The number of Topliss-reactive ketones (excluding diaryl/α,β-unsaturated/α-hetero) is 1. The van der Waals surface area contributed by atoms with Gasteiger partial charge in [0.15, 0.2) is 18.0 Å². The molecular formula is C28H36O7. The lowest BCUT2D eigenvalue weighted by atomic mass is 9.52. The third-order valence-electron chi connectivity index (χ3n) is 8.70. The lowest BCUT2D eigenvalue weighted by molar-refractivity contribution is -0.186. The molecule has 5 atom stereocenters. The predicted molar refractivity (Wildman–Crippen MR) is 128 cm³/mol. The molecule has 0 unspecified atom stereocenters. The van der Waals surface area contributed by atoms with Gasteiger partial charge in [-0.15, -0.1) is 0 Å². The molecule has 4 rings (SSSR count). The van der Waals surface area contributed by atoms with Crippen LogP contribution in [0.4, 0.5) is 0 Å². The summed E-state index contributed by atoms with van der Waals surface area (Å²) in [6.45, 7) is 9.87. The van der Waals surface area contributed by atoms with Crippen molar-refractivity contribution in [1.82, 2.24) is 0 Å². The van der Waals surface area contributed by atoms with E-state index < -0.39 is 52.3 Å². The Labute approximate surface area is 206 Å². The van der Waals surface area contributed by atoms with Crippen LogP contribution in [0.25, 0.3) is 0 Å². The van der Waals surface area contributed by atoms with E-state index in [-0.39, 0.29) is 18.1 Å². The molecule has 0 bridgehead atoms. The molecule has 190 valence electrons. The lowest BCUT2D eigenvalue weighted by Crippen LogP contribution is -2.59. The summed E-state index contributed by atoms with van der Waals surface area (Å²) < 4.78 is 11.2. The maximum Gasteiger partial charge on any atom is 0.311 e. The van der Waals surface area contributed by atoms with Gasteiger partial charge in [-0.05, 0) is 83.4 Å². The van der Waals surface area contributed by atoms with Gasteiger partial charge in [0.2, 0.25) is 5.78 Å². The monoisotopic (exact) mass is 484 g/mol. The number of carbonyl (C=O) groups is 4. The number of carbonyl (C=O) groups excluding carboxylic acids is 4. The zero-order valence-corrected chi connectivity index (χ0v) is 21.5. The molecule has 0 saturated heterocycles. The third kappa shape index (κ3) is 3.83. The number of ketones is 2. The van der Waals surface area contributed by atoms with Crippen molar-refractivity contribution >= 4 is 23.5 Å². The van der Waals surface area contributed by atoms with Crippen LogP contribution in [0.5, 0.6) is 0 Å². The Morgan fingerprint density at radius 1 is 1.17 bits per heavy atom. The van der Waals surface area contributed by atoms with Crippen LogP contribution in [0.2, 0.25) is 0 Å². The summed E-state index contributed by atoms with van der Waals surface area (Å²) in [6.07, 6.45) is 6.78. The van der Waals surface area contributed by atoms with Crippen molar-refractivity contribution < 1.29 is 33.8 Å². The molecular weight excluding hydrogens is 448 g/mol. The molecule has 0 heterocycles. The Morgan fingerprint density at radius 3 is 2.49 bits per heavy atom. The predicted octanol–water partition coefficient (Wildman–Crippen LogP) is 3.79. The van der Waals surface area contributed by atoms with Crippen LogP contribution in [-0.2, 0) is 28.7 Å². The summed E-state index contributed by atoms with van der Waals surface area (Å²) in [5.74, 6) is -1.65. The maximum atomic E-state index is 13.7. The average Bonchev–Trinajstić information content (AvgIpc) is 3.03. The van der Waals surface area contributed by atoms with Crippen molar-refractivity contribution in [1.29, 1.82) is 0 Å². The van der Waals surface area contributed by atoms with E-state index in [1.165, 1.54) is 6.92 Å². The van der Waals surface area contributed by atoms with Gasteiger partial charge in [-0.25, -0.2) is 0 Å². The smallest absolute Gasteiger partial charge is 0.311 e. The van der Waals surface area contributed by atoms with Gasteiger partial charge < -0.3 is 14.6 Å². The third-order valence-corrected chi connectivity index (χ3v) is 8.70. The summed E-state index contributed by atoms with van der Waals surface area (Å²) in [6, 6.07) is 0. The Kier molecular flexibility index (Phi) is 6.03. The Morgan fingerprint density at radius 2 is 1.86 bits per heavy atom. The largest absolute Gasteiger partial charge is 0.457 e. The second kappa shape index (κ2) is 8.26. The fraction of sp³-hybridized carbons (Fsp3) is 0.643. The zero-order chi connectivity index (χ0) is 26.0. The van der Waals surface area contributed by atoms with Gasteiger partial charge >= 0.3 is 11.9 Å². The van der Waals surface area contributed by atoms with Gasteiger partial charge in [0, 0.05) is 17.8 Å². The summed E-state index contributed by atoms with van der Waals surface area (Å²) in [5.41, 5.74) is -0.646. The number of hydrogen-bond donors (Lipinski definition) is 1. The van der Waals surface area contributed by atoms with Crippen LogP contribution in [-0.4, -0.2) is 46.9 Å². The van der Waals surface area contributed by atoms with Crippen LogP contribution in [0.3, 0.4) is 0 Å². The molecule has 0 aromatic carbocycles. The highest BCUT2D eigenvalue weighted by atomic mass is 16.6. The molecule has 0 radical (unpaired) electrons. The second-order valence-electron chi connectivity index (χ2n) is 11.9. The minimum absolute atomic E-state index is 0.0400. The number of esters is 2. The highest BCUT2D eigenvalue weighted by Crippen LogP contribution is 2.65.